The molecule has 0 bridgehead atoms. The zero-order chi connectivity index (χ0) is 20.9. The number of hydrogen-bond acceptors (Lipinski definition) is 3. The van der Waals surface area contributed by atoms with E-state index in [0.717, 1.165) is 31.6 Å². The van der Waals surface area contributed by atoms with E-state index < -0.39 is 6.61 Å². The Kier molecular flexibility index (Phi) is 11.0. The third-order valence-electron chi connectivity index (χ3n) is 5.91. The van der Waals surface area contributed by atoms with E-state index >= 15 is 0 Å². The molecule has 0 saturated heterocycles. The molecule has 1 aromatic carbocycles. The molecule has 0 unspecified atom stereocenters. The highest BCUT2D eigenvalue weighted by Crippen LogP contribution is 2.33. The fourth-order valence-corrected chi connectivity index (χ4v) is 4.14. The molecule has 1 aromatic rings. The standard InChI is InChI=1S/C24H36F2O3/c1-2-3-4-5-6-7-8-9-10-19-11-13-20(14-12-19)23(27)28-21-15-17-22(18-16-21)29-24(25)26/h15-20,24H,2-14H2,1H3. The smallest absolute Gasteiger partial charge is 0.387 e. The number of carbonyl (C=O) groups is 1. The predicted molar refractivity (Wildman–Crippen MR) is 111 cm³/mol. The second-order valence-electron chi connectivity index (χ2n) is 8.25. The molecule has 1 saturated carbocycles. The van der Waals surface area contributed by atoms with E-state index in [1.54, 1.807) is 0 Å². The van der Waals surface area contributed by atoms with Gasteiger partial charge in [0.05, 0.1) is 5.92 Å². The van der Waals surface area contributed by atoms with Crippen LogP contribution in [0.25, 0.3) is 0 Å². The van der Waals surface area contributed by atoms with E-state index in [-0.39, 0.29) is 17.6 Å². The molecule has 0 atom stereocenters. The maximum Gasteiger partial charge on any atom is 0.387 e. The molecule has 3 nitrogen and oxygen atoms in total. The number of hydrogen-bond donors (Lipinski definition) is 0. The number of unbranched alkanes of at least 4 members (excludes halogenated alkanes) is 7. The molecule has 0 aliphatic heterocycles. The quantitative estimate of drug-likeness (QED) is 0.191. The SMILES string of the molecule is CCCCCCCCCCC1CCC(C(=O)Oc2ccc(OC(F)F)cc2)CC1. The van der Waals surface area contributed by atoms with Crippen molar-refractivity contribution in [2.24, 2.45) is 11.8 Å². The molecule has 1 aliphatic carbocycles. The summed E-state index contributed by atoms with van der Waals surface area (Å²) < 4.78 is 34.1. The number of alkyl halides is 2. The molecule has 1 fully saturated rings. The lowest BCUT2D eigenvalue weighted by Crippen LogP contribution is -2.25. The Morgan fingerprint density at radius 1 is 0.897 bits per heavy atom. The van der Waals surface area contributed by atoms with Crippen LogP contribution < -0.4 is 9.47 Å². The molecule has 0 spiro atoms. The van der Waals surface area contributed by atoms with Crippen LogP contribution in [0.1, 0.15) is 90.4 Å². The summed E-state index contributed by atoms with van der Waals surface area (Å²) in [6.07, 6.45) is 16.0. The third-order valence-corrected chi connectivity index (χ3v) is 5.91. The van der Waals surface area contributed by atoms with Gasteiger partial charge < -0.3 is 9.47 Å². The van der Waals surface area contributed by atoms with Crippen LogP contribution in [0, 0.1) is 11.8 Å². The highest BCUT2D eigenvalue weighted by atomic mass is 19.3. The van der Waals surface area contributed by atoms with E-state index in [0.29, 0.717) is 5.75 Å². The Labute approximate surface area is 174 Å². The molecule has 29 heavy (non-hydrogen) atoms. The zero-order valence-electron chi connectivity index (χ0n) is 17.7. The van der Waals surface area contributed by atoms with Gasteiger partial charge in [-0.25, -0.2) is 0 Å². The molecular weight excluding hydrogens is 374 g/mol. The second kappa shape index (κ2) is 13.6. The number of benzene rings is 1. The van der Waals surface area contributed by atoms with Crippen molar-refractivity contribution in [3.63, 3.8) is 0 Å². The van der Waals surface area contributed by atoms with Gasteiger partial charge in [0.2, 0.25) is 0 Å². The molecular formula is C24H36F2O3. The highest BCUT2D eigenvalue weighted by molar-refractivity contribution is 5.75. The van der Waals surface area contributed by atoms with Gasteiger partial charge >= 0.3 is 12.6 Å². The highest BCUT2D eigenvalue weighted by Gasteiger charge is 2.27. The summed E-state index contributed by atoms with van der Waals surface area (Å²) >= 11 is 0. The Balaban J connectivity index is 1.58. The molecule has 164 valence electrons. The zero-order valence-corrected chi connectivity index (χ0v) is 17.7. The lowest BCUT2D eigenvalue weighted by molar-refractivity contribution is -0.140. The van der Waals surface area contributed by atoms with Crippen LogP contribution >= 0.6 is 0 Å². The Morgan fingerprint density at radius 2 is 1.45 bits per heavy atom. The molecule has 1 aliphatic rings. The van der Waals surface area contributed by atoms with Crippen LogP contribution in [0.4, 0.5) is 8.78 Å². The number of halogens is 2. The molecule has 0 N–H and O–H groups in total. The summed E-state index contributed by atoms with van der Waals surface area (Å²) in [5.74, 6) is 0.906. The first-order valence-corrected chi connectivity index (χ1v) is 11.3. The summed E-state index contributed by atoms with van der Waals surface area (Å²) in [5, 5.41) is 0. The third kappa shape index (κ3) is 9.60. The molecule has 2 rings (SSSR count). The predicted octanol–water partition coefficient (Wildman–Crippen LogP) is 7.53. The van der Waals surface area contributed by atoms with Crippen molar-refractivity contribution in [3.8, 4) is 11.5 Å². The minimum Gasteiger partial charge on any atom is -0.435 e. The van der Waals surface area contributed by atoms with E-state index in [1.165, 1.54) is 82.1 Å². The van der Waals surface area contributed by atoms with Crippen molar-refractivity contribution in [1.82, 2.24) is 0 Å². The monoisotopic (exact) mass is 410 g/mol. The van der Waals surface area contributed by atoms with Gasteiger partial charge in [0.25, 0.3) is 0 Å². The van der Waals surface area contributed by atoms with Crippen molar-refractivity contribution < 1.29 is 23.0 Å². The summed E-state index contributed by atoms with van der Waals surface area (Å²) in [6, 6.07) is 5.75. The Hall–Kier alpha value is -1.65. The van der Waals surface area contributed by atoms with Crippen LogP contribution in [0.15, 0.2) is 24.3 Å². The lowest BCUT2D eigenvalue weighted by Gasteiger charge is -2.27. The van der Waals surface area contributed by atoms with Crippen molar-refractivity contribution in [2.45, 2.75) is 97.0 Å². The van der Waals surface area contributed by atoms with Gasteiger partial charge in [-0.1, -0.05) is 64.7 Å². The molecule has 0 amide bonds. The minimum atomic E-state index is -2.86. The van der Waals surface area contributed by atoms with Crippen molar-refractivity contribution >= 4 is 5.97 Å². The number of ether oxygens (including phenoxy) is 2. The summed E-state index contributed by atoms with van der Waals surface area (Å²) in [5.41, 5.74) is 0. The van der Waals surface area contributed by atoms with Crippen LogP contribution in [-0.4, -0.2) is 12.6 Å². The Morgan fingerprint density at radius 3 is 2.03 bits per heavy atom. The summed E-state index contributed by atoms with van der Waals surface area (Å²) in [7, 11) is 0. The second-order valence-corrected chi connectivity index (χ2v) is 8.25. The van der Waals surface area contributed by atoms with Crippen LogP contribution in [0.5, 0.6) is 11.5 Å². The Bertz CT molecular complexity index is 566. The van der Waals surface area contributed by atoms with Gasteiger partial charge in [-0.05, 0) is 55.9 Å². The first-order valence-electron chi connectivity index (χ1n) is 11.3. The molecule has 5 heteroatoms. The van der Waals surface area contributed by atoms with Crippen molar-refractivity contribution in [1.29, 1.82) is 0 Å². The average molecular weight is 411 g/mol. The van der Waals surface area contributed by atoms with E-state index in [2.05, 4.69) is 11.7 Å². The number of rotatable bonds is 13. The molecule has 0 heterocycles. The first-order chi connectivity index (χ1) is 14.1. The van der Waals surface area contributed by atoms with Gasteiger partial charge in [-0.15, -0.1) is 0 Å². The van der Waals surface area contributed by atoms with Crippen molar-refractivity contribution in [3.05, 3.63) is 24.3 Å². The largest absolute Gasteiger partial charge is 0.435 e. The normalized spacial score (nSPS) is 19.3. The van der Waals surface area contributed by atoms with Crippen LogP contribution in [0.2, 0.25) is 0 Å². The van der Waals surface area contributed by atoms with Crippen molar-refractivity contribution in [2.75, 3.05) is 0 Å². The van der Waals surface area contributed by atoms with Crippen LogP contribution in [-0.2, 0) is 4.79 Å². The average Bonchev–Trinajstić information content (AvgIpc) is 2.71. The first kappa shape index (κ1) is 23.6. The number of esters is 1. The molecule has 0 aromatic heterocycles. The van der Waals surface area contributed by atoms with Crippen LogP contribution in [0.3, 0.4) is 0 Å². The van der Waals surface area contributed by atoms with Gasteiger partial charge in [0.1, 0.15) is 11.5 Å². The van der Waals surface area contributed by atoms with E-state index in [1.807, 2.05) is 0 Å². The van der Waals surface area contributed by atoms with E-state index in [4.69, 9.17) is 4.74 Å². The van der Waals surface area contributed by atoms with Gasteiger partial charge in [-0.2, -0.15) is 8.78 Å². The van der Waals surface area contributed by atoms with Gasteiger partial charge in [-0.3, -0.25) is 4.79 Å². The summed E-state index contributed by atoms with van der Waals surface area (Å²) in [4.78, 5) is 12.4. The van der Waals surface area contributed by atoms with Gasteiger partial charge in [0.15, 0.2) is 0 Å². The minimum absolute atomic E-state index is 0.0539. The lowest BCUT2D eigenvalue weighted by atomic mass is 9.80. The molecule has 0 radical (unpaired) electrons. The fourth-order valence-electron chi connectivity index (χ4n) is 4.14. The topological polar surface area (TPSA) is 35.5 Å². The fraction of sp³-hybridized carbons (Fsp3) is 0.708. The maximum absolute atomic E-state index is 12.4. The maximum atomic E-state index is 12.4. The van der Waals surface area contributed by atoms with Gasteiger partial charge in [0, 0.05) is 0 Å². The number of carbonyl (C=O) groups excluding carboxylic acids is 1. The van der Waals surface area contributed by atoms with E-state index in [9.17, 15) is 13.6 Å². The summed E-state index contributed by atoms with van der Waals surface area (Å²) in [6.45, 7) is -0.607.